The fourth-order valence-electron chi connectivity index (χ4n) is 1.22. The maximum absolute atomic E-state index is 8.43. The van der Waals surface area contributed by atoms with E-state index in [0.29, 0.717) is 0 Å². The number of nitrogens with zero attached hydrogens (tertiary/aromatic N) is 2. The molecule has 0 unspecified atom stereocenters. The third-order valence-corrected chi connectivity index (χ3v) is 1.83. The number of pyridine rings is 1. The lowest BCUT2D eigenvalue weighted by Crippen LogP contribution is -2.26. The fraction of sp³-hybridized carbons (Fsp3) is 0.455. The van der Waals surface area contributed by atoms with Gasteiger partial charge in [0, 0.05) is 16.8 Å². The first-order chi connectivity index (χ1) is 6.92. The molecule has 0 aromatic carbocycles. The Morgan fingerprint density at radius 3 is 2.53 bits per heavy atom. The quantitative estimate of drug-likeness (QED) is 0.445. The fourth-order valence-corrected chi connectivity index (χ4v) is 1.22. The Bertz CT molecular complexity index is 367. The zero-order valence-corrected chi connectivity index (χ0v) is 9.57. The first kappa shape index (κ1) is 11.5. The van der Waals surface area contributed by atoms with E-state index in [2.05, 4.69) is 36.2 Å². The van der Waals surface area contributed by atoms with E-state index in [4.69, 9.17) is 5.21 Å². The molecule has 0 saturated carbocycles. The molecule has 0 saturated heterocycles. The Morgan fingerprint density at radius 1 is 1.40 bits per heavy atom. The van der Waals surface area contributed by atoms with Gasteiger partial charge in [0.25, 0.3) is 0 Å². The third-order valence-electron chi connectivity index (χ3n) is 1.83. The lowest BCUT2D eigenvalue weighted by atomic mass is 10.1. The van der Waals surface area contributed by atoms with Gasteiger partial charge in [0.15, 0.2) is 0 Å². The summed E-state index contributed by atoms with van der Waals surface area (Å²) in [6.45, 7) is 8.11. The maximum Gasteiger partial charge on any atom is 0.126 e. The Hall–Kier alpha value is -1.58. The molecule has 0 bridgehead atoms. The minimum atomic E-state index is -0.00791. The van der Waals surface area contributed by atoms with Gasteiger partial charge in [-0.15, -0.1) is 0 Å². The van der Waals surface area contributed by atoms with Gasteiger partial charge < -0.3 is 10.5 Å². The Labute approximate surface area is 90.0 Å². The summed E-state index contributed by atoms with van der Waals surface area (Å²) in [5.41, 5.74) is 1.64. The molecule has 1 aromatic heterocycles. The van der Waals surface area contributed by atoms with Crippen molar-refractivity contribution in [2.75, 3.05) is 5.32 Å². The van der Waals surface area contributed by atoms with Crippen molar-refractivity contribution in [2.45, 2.75) is 33.2 Å². The highest BCUT2D eigenvalue weighted by Crippen LogP contribution is 2.14. The number of hydrogen-bond acceptors (Lipinski definition) is 4. The van der Waals surface area contributed by atoms with Crippen molar-refractivity contribution in [3.8, 4) is 0 Å². The average molecular weight is 207 g/mol. The van der Waals surface area contributed by atoms with Crippen LogP contribution in [0.25, 0.3) is 0 Å². The minimum absolute atomic E-state index is 0.00791. The molecular weight excluding hydrogens is 190 g/mol. The van der Waals surface area contributed by atoms with Crippen molar-refractivity contribution in [3.63, 3.8) is 0 Å². The van der Waals surface area contributed by atoms with E-state index in [-0.39, 0.29) is 5.54 Å². The highest BCUT2D eigenvalue weighted by Gasteiger charge is 2.10. The van der Waals surface area contributed by atoms with Crippen molar-refractivity contribution in [1.82, 2.24) is 4.98 Å². The van der Waals surface area contributed by atoms with Crippen LogP contribution < -0.4 is 5.32 Å². The molecule has 15 heavy (non-hydrogen) atoms. The largest absolute Gasteiger partial charge is 0.411 e. The summed E-state index contributed by atoms with van der Waals surface area (Å²) in [5, 5.41) is 14.7. The van der Waals surface area contributed by atoms with Gasteiger partial charge >= 0.3 is 0 Å². The van der Waals surface area contributed by atoms with Crippen LogP contribution in [0, 0.1) is 6.92 Å². The van der Waals surface area contributed by atoms with Crippen LogP contribution in [0.5, 0.6) is 0 Å². The Kier molecular flexibility index (Phi) is 3.29. The minimum Gasteiger partial charge on any atom is -0.411 e. The molecule has 1 aromatic rings. The van der Waals surface area contributed by atoms with Gasteiger partial charge in [0.2, 0.25) is 0 Å². The molecule has 0 fully saturated rings. The Morgan fingerprint density at radius 2 is 2.07 bits per heavy atom. The van der Waals surface area contributed by atoms with Gasteiger partial charge in [-0.2, -0.15) is 0 Å². The highest BCUT2D eigenvalue weighted by atomic mass is 16.4. The number of oxime groups is 1. The highest BCUT2D eigenvalue weighted by molar-refractivity contribution is 5.80. The first-order valence-corrected chi connectivity index (χ1v) is 4.85. The van der Waals surface area contributed by atoms with Crippen molar-refractivity contribution >= 4 is 12.0 Å². The molecule has 1 rings (SSSR count). The smallest absolute Gasteiger partial charge is 0.126 e. The van der Waals surface area contributed by atoms with Crippen LogP contribution in [-0.4, -0.2) is 21.9 Å². The maximum atomic E-state index is 8.43. The van der Waals surface area contributed by atoms with E-state index in [0.717, 1.165) is 17.1 Å². The van der Waals surface area contributed by atoms with Crippen molar-refractivity contribution in [1.29, 1.82) is 0 Å². The summed E-state index contributed by atoms with van der Waals surface area (Å²) in [7, 11) is 0. The second-order valence-electron chi connectivity index (χ2n) is 4.49. The van der Waals surface area contributed by atoms with Crippen LogP contribution in [-0.2, 0) is 0 Å². The van der Waals surface area contributed by atoms with Crippen molar-refractivity contribution in [3.05, 3.63) is 23.4 Å². The monoisotopic (exact) mass is 207 g/mol. The normalized spacial score (nSPS) is 12.0. The van der Waals surface area contributed by atoms with Gasteiger partial charge in [-0.1, -0.05) is 5.16 Å². The van der Waals surface area contributed by atoms with Crippen LogP contribution >= 0.6 is 0 Å². The predicted octanol–water partition coefficient (Wildman–Crippen LogP) is 2.41. The molecule has 0 aliphatic rings. The summed E-state index contributed by atoms with van der Waals surface area (Å²) in [4.78, 5) is 4.36. The second kappa shape index (κ2) is 4.29. The van der Waals surface area contributed by atoms with Crippen LogP contribution in [0.3, 0.4) is 0 Å². The summed E-state index contributed by atoms with van der Waals surface area (Å²) in [6, 6.07) is 3.74. The summed E-state index contributed by atoms with van der Waals surface area (Å²) in [5.74, 6) is 0.829. The SMILES string of the molecule is Cc1nc(NC(C)(C)C)ccc1C=NO. The second-order valence-corrected chi connectivity index (χ2v) is 4.49. The molecule has 0 radical (unpaired) electrons. The predicted molar refractivity (Wildman–Crippen MR) is 61.7 cm³/mol. The molecule has 0 aliphatic carbocycles. The van der Waals surface area contributed by atoms with Crippen LogP contribution in [0.4, 0.5) is 5.82 Å². The topological polar surface area (TPSA) is 57.5 Å². The summed E-state index contributed by atoms with van der Waals surface area (Å²) >= 11 is 0. The molecule has 4 heteroatoms. The van der Waals surface area contributed by atoms with E-state index in [1.54, 1.807) is 0 Å². The van der Waals surface area contributed by atoms with Gasteiger partial charge in [0.1, 0.15) is 5.82 Å². The molecule has 0 amide bonds. The number of nitrogens with one attached hydrogen (secondary N) is 1. The van der Waals surface area contributed by atoms with Crippen LogP contribution in [0.2, 0.25) is 0 Å². The van der Waals surface area contributed by atoms with Crippen LogP contribution in [0.15, 0.2) is 17.3 Å². The lowest BCUT2D eigenvalue weighted by molar-refractivity contribution is 0.322. The van der Waals surface area contributed by atoms with Crippen molar-refractivity contribution in [2.24, 2.45) is 5.16 Å². The summed E-state index contributed by atoms with van der Waals surface area (Å²) in [6.07, 6.45) is 1.38. The Balaban J connectivity index is 2.92. The van der Waals surface area contributed by atoms with E-state index >= 15 is 0 Å². The van der Waals surface area contributed by atoms with E-state index in [9.17, 15) is 0 Å². The van der Waals surface area contributed by atoms with Crippen LogP contribution in [0.1, 0.15) is 32.0 Å². The number of aromatic nitrogens is 1. The molecular formula is C11H17N3O. The number of hydrogen-bond donors (Lipinski definition) is 2. The van der Waals surface area contributed by atoms with E-state index < -0.39 is 0 Å². The van der Waals surface area contributed by atoms with Gasteiger partial charge in [-0.3, -0.25) is 0 Å². The van der Waals surface area contributed by atoms with E-state index in [1.165, 1.54) is 6.21 Å². The van der Waals surface area contributed by atoms with Gasteiger partial charge in [-0.05, 0) is 39.8 Å². The van der Waals surface area contributed by atoms with Crippen molar-refractivity contribution < 1.29 is 5.21 Å². The molecule has 82 valence electrons. The van der Waals surface area contributed by atoms with Gasteiger partial charge in [0.05, 0.1) is 6.21 Å². The van der Waals surface area contributed by atoms with E-state index in [1.807, 2.05) is 19.1 Å². The molecule has 0 spiro atoms. The average Bonchev–Trinajstić information content (AvgIpc) is 2.07. The molecule has 2 N–H and O–H groups in total. The number of aryl methyl sites for hydroxylation is 1. The van der Waals surface area contributed by atoms with Gasteiger partial charge in [-0.25, -0.2) is 4.98 Å². The molecule has 0 aliphatic heterocycles. The third kappa shape index (κ3) is 3.58. The standard InChI is InChI=1S/C11H17N3O/c1-8-9(7-12-15)5-6-10(13-8)14-11(2,3)4/h5-7,15H,1-4H3,(H,13,14). The zero-order valence-electron chi connectivity index (χ0n) is 9.57. The lowest BCUT2D eigenvalue weighted by Gasteiger charge is -2.21. The molecule has 4 nitrogen and oxygen atoms in total. The molecule has 0 atom stereocenters. The summed E-state index contributed by atoms with van der Waals surface area (Å²) < 4.78 is 0. The number of rotatable bonds is 2. The zero-order chi connectivity index (χ0) is 11.5. The molecule has 1 heterocycles. The first-order valence-electron chi connectivity index (χ1n) is 4.85. The number of anilines is 1.